The summed E-state index contributed by atoms with van der Waals surface area (Å²) in [6, 6.07) is 7.78. The van der Waals surface area contributed by atoms with Gasteiger partial charge >= 0.3 is 0 Å². The summed E-state index contributed by atoms with van der Waals surface area (Å²) in [5.41, 5.74) is 7.74. The normalized spacial score (nSPS) is 22.7. The van der Waals surface area contributed by atoms with E-state index in [1.54, 1.807) is 0 Å². The first-order valence-electron chi connectivity index (χ1n) is 9.26. The molecule has 1 aromatic rings. The van der Waals surface area contributed by atoms with Crippen molar-refractivity contribution in [3.63, 3.8) is 0 Å². The van der Waals surface area contributed by atoms with Gasteiger partial charge in [-0.1, -0.05) is 25.0 Å². The number of ether oxygens (including phenoxy) is 2. The molecule has 1 amide bonds. The minimum Gasteiger partial charge on any atom is -0.376 e. The first-order chi connectivity index (χ1) is 11.9. The van der Waals surface area contributed by atoms with Crippen LogP contribution in [0.25, 0.3) is 0 Å². The molecule has 0 heterocycles. The van der Waals surface area contributed by atoms with Gasteiger partial charge in [-0.15, -0.1) is 12.4 Å². The van der Waals surface area contributed by atoms with Crippen molar-refractivity contribution < 1.29 is 14.3 Å². The molecule has 5 nitrogen and oxygen atoms in total. The van der Waals surface area contributed by atoms with Crippen LogP contribution in [0.3, 0.4) is 0 Å². The number of nitrogens with two attached hydrogens (primary N) is 1. The van der Waals surface area contributed by atoms with E-state index in [-0.39, 0.29) is 30.3 Å². The van der Waals surface area contributed by atoms with Crippen molar-refractivity contribution in [2.24, 2.45) is 11.7 Å². The lowest BCUT2D eigenvalue weighted by molar-refractivity contribution is -0.122. The number of nitrogens with one attached hydrogen (secondary N) is 1. The number of hydrogen-bond acceptors (Lipinski definition) is 4. The second kappa shape index (κ2) is 10.9. The van der Waals surface area contributed by atoms with Gasteiger partial charge in [-0.3, -0.25) is 4.79 Å². The van der Waals surface area contributed by atoms with Gasteiger partial charge in [0.1, 0.15) is 0 Å². The lowest BCUT2D eigenvalue weighted by Gasteiger charge is -2.37. The van der Waals surface area contributed by atoms with Crippen LogP contribution in [0, 0.1) is 5.92 Å². The van der Waals surface area contributed by atoms with E-state index < -0.39 is 5.54 Å². The second-order valence-electron chi connectivity index (χ2n) is 7.47. The van der Waals surface area contributed by atoms with Gasteiger partial charge in [0, 0.05) is 11.2 Å². The van der Waals surface area contributed by atoms with Crippen LogP contribution in [0.4, 0.5) is 5.69 Å². The Morgan fingerprint density at radius 3 is 2.81 bits per heavy atom. The monoisotopic (exact) mass is 384 g/mol. The molecule has 3 N–H and O–H groups in total. The van der Waals surface area contributed by atoms with Gasteiger partial charge in [-0.05, 0) is 51.3 Å². The molecule has 1 fully saturated rings. The van der Waals surface area contributed by atoms with Gasteiger partial charge in [0.15, 0.2) is 0 Å². The highest BCUT2D eigenvalue weighted by atomic mass is 35.5. The van der Waals surface area contributed by atoms with Crippen molar-refractivity contribution in [1.29, 1.82) is 0 Å². The number of carbonyl (C=O) groups is 1. The number of anilines is 1. The van der Waals surface area contributed by atoms with E-state index in [0.29, 0.717) is 19.8 Å². The molecule has 1 aliphatic carbocycles. The Hall–Kier alpha value is -1.14. The number of hydrogen-bond donors (Lipinski definition) is 2. The number of benzene rings is 1. The molecule has 0 aliphatic heterocycles. The Morgan fingerprint density at radius 1 is 1.35 bits per heavy atom. The van der Waals surface area contributed by atoms with E-state index in [4.69, 9.17) is 15.2 Å². The fourth-order valence-electron chi connectivity index (χ4n) is 3.29. The Kier molecular flexibility index (Phi) is 9.58. The van der Waals surface area contributed by atoms with Gasteiger partial charge in [0.05, 0.1) is 31.8 Å². The first-order valence-corrected chi connectivity index (χ1v) is 9.26. The van der Waals surface area contributed by atoms with Crippen LogP contribution in [0.1, 0.15) is 52.0 Å². The molecule has 0 bridgehead atoms. The van der Waals surface area contributed by atoms with Gasteiger partial charge in [0.2, 0.25) is 5.91 Å². The largest absolute Gasteiger partial charge is 0.376 e. The van der Waals surface area contributed by atoms with E-state index in [2.05, 4.69) is 5.32 Å². The molecule has 148 valence electrons. The smallest absolute Gasteiger partial charge is 0.229 e. The Balaban J connectivity index is 0.00000338. The summed E-state index contributed by atoms with van der Waals surface area (Å²) < 4.78 is 11.1. The van der Waals surface area contributed by atoms with Gasteiger partial charge in [-0.25, -0.2) is 0 Å². The Morgan fingerprint density at radius 2 is 2.12 bits per heavy atom. The van der Waals surface area contributed by atoms with Gasteiger partial charge < -0.3 is 20.5 Å². The highest BCUT2D eigenvalue weighted by Gasteiger charge is 2.37. The average molecular weight is 385 g/mol. The van der Waals surface area contributed by atoms with E-state index in [1.807, 2.05) is 45.0 Å². The quantitative estimate of drug-likeness (QED) is 0.666. The molecule has 1 saturated carbocycles. The molecule has 2 atom stereocenters. The van der Waals surface area contributed by atoms with Gasteiger partial charge in [0.25, 0.3) is 0 Å². The fraction of sp³-hybridized carbons (Fsp3) is 0.650. The summed E-state index contributed by atoms with van der Waals surface area (Å²) >= 11 is 0. The molecular weight excluding hydrogens is 352 g/mol. The van der Waals surface area contributed by atoms with E-state index in [1.165, 1.54) is 0 Å². The third kappa shape index (κ3) is 7.23. The highest BCUT2D eigenvalue weighted by molar-refractivity contribution is 5.93. The van der Waals surface area contributed by atoms with Crippen molar-refractivity contribution in [1.82, 2.24) is 0 Å². The average Bonchev–Trinajstić information content (AvgIpc) is 2.54. The molecule has 0 spiro atoms. The van der Waals surface area contributed by atoms with Crippen molar-refractivity contribution in [2.45, 2.75) is 64.7 Å². The predicted molar refractivity (Wildman–Crippen MR) is 108 cm³/mol. The summed E-state index contributed by atoms with van der Waals surface area (Å²) in [6.45, 7) is 7.64. The minimum absolute atomic E-state index is 0. The number of carbonyl (C=O) groups excluding carboxylic acids is 1. The zero-order valence-electron chi connectivity index (χ0n) is 16.1. The van der Waals surface area contributed by atoms with E-state index >= 15 is 0 Å². The highest BCUT2D eigenvalue weighted by Crippen LogP contribution is 2.32. The molecule has 1 aromatic carbocycles. The van der Waals surface area contributed by atoms with Gasteiger partial charge in [-0.2, -0.15) is 0 Å². The van der Waals surface area contributed by atoms with Crippen LogP contribution in [0.5, 0.6) is 0 Å². The third-order valence-corrected chi connectivity index (χ3v) is 4.71. The summed E-state index contributed by atoms with van der Waals surface area (Å²) in [6.07, 6.45) is 4.14. The molecular formula is C20H33ClN2O3. The molecule has 2 rings (SSSR count). The molecule has 6 heteroatoms. The van der Waals surface area contributed by atoms with Crippen LogP contribution >= 0.6 is 12.4 Å². The summed E-state index contributed by atoms with van der Waals surface area (Å²) in [5.74, 6) is -0.109. The molecule has 2 unspecified atom stereocenters. The van der Waals surface area contributed by atoms with Crippen molar-refractivity contribution in [3.05, 3.63) is 29.8 Å². The molecule has 0 radical (unpaired) electrons. The third-order valence-electron chi connectivity index (χ3n) is 4.71. The maximum Gasteiger partial charge on any atom is 0.229 e. The zero-order chi connectivity index (χ0) is 18.3. The van der Waals surface area contributed by atoms with E-state index in [0.717, 1.165) is 36.9 Å². The molecule has 0 saturated heterocycles. The van der Waals surface area contributed by atoms with Crippen LogP contribution in [-0.2, 0) is 20.9 Å². The lowest BCUT2D eigenvalue weighted by Crippen LogP contribution is -2.51. The van der Waals surface area contributed by atoms with Crippen molar-refractivity contribution in [3.8, 4) is 0 Å². The summed E-state index contributed by atoms with van der Waals surface area (Å²) in [5, 5.41) is 3.02. The molecule has 1 aliphatic rings. The van der Waals surface area contributed by atoms with Crippen LogP contribution in [0.2, 0.25) is 0 Å². The lowest BCUT2D eigenvalue weighted by atomic mass is 9.74. The number of halogens is 1. The number of rotatable bonds is 8. The first kappa shape index (κ1) is 22.9. The van der Waals surface area contributed by atoms with Crippen molar-refractivity contribution in [2.75, 3.05) is 18.5 Å². The molecule has 0 aromatic heterocycles. The van der Waals surface area contributed by atoms with E-state index in [9.17, 15) is 4.79 Å². The standard InChI is InChI=1S/C20H32N2O3.ClH/c1-15(2)25-12-11-24-14-16-7-6-8-17(13-16)22-19(23)18-9-4-5-10-20(18,3)21;/h6-8,13,15,18H,4-5,9-12,14,21H2,1-3H3,(H,22,23);1H. The van der Waals surface area contributed by atoms with Crippen LogP contribution in [0.15, 0.2) is 24.3 Å². The number of amides is 1. The zero-order valence-corrected chi connectivity index (χ0v) is 16.9. The molecule has 26 heavy (non-hydrogen) atoms. The van der Waals surface area contributed by atoms with Crippen LogP contribution in [-0.4, -0.2) is 30.8 Å². The fourth-order valence-corrected chi connectivity index (χ4v) is 3.29. The van der Waals surface area contributed by atoms with Crippen molar-refractivity contribution >= 4 is 24.0 Å². The van der Waals surface area contributed by atoms with Crippen LogP contribution < -0.4 is 11.1 Å². The second-order valence-corrected chi connectivity index (χ2v) is 7.47. The maximum absolute atomic E-state index is 12.6. The SMILES string of the molecule is CC(C)OCCOCc1cccc(NC(=O)C2CCCCC2(C)N)c1.Cl. The Bertz CT molecular complexity index is 564. The summed E-state index contributed by atoms with van der Waals surface area (Å²) in [4.78, 5) is 12.6. The predicted octanol–water partition coefficient (Wildman–Crippen LogP) is 3.90. The minimum atomic E-state index is -0.417. The topological polar surface area (TPSA) is 73.6 Å². The maximum atomic E-state index is 12.6. The summed E-state index contributed by atoms with van der Waals surface area (Å²) in [7, 11) is 0. The Labute approximate surface area is 163 Å².